The van der Waals surface area contributed by atoms with Gasteiger partial charge in [-0.2, -0.15) is 0 Å². The molecule has 0 spiro atoms. The summed E-state index contributed by atoms with van der Waals surface area (Å²) in [6, 6.07) is 14.5. The summed E-state index contributed by atoms with van der Waals surface area (Å²) in [6.07, 6.45) is 1.97. The van der Waals surface area contributed by atoms with Crippen molar-refractivity contribution < 1.29 is 9.53 Å². The lowest BCUT2D eigenvalue weighted by Gasteiger charge is -2.42. The van der Waals surface area contributed by atoms with E-state index in [2.05, 4.69) is 6.07 Å². The number of aromatic nitrogens is 3. The van der Waals surface area contributed by atoms with Gasteiger partial charge in [-0.05, 0) is 62.7 Å². The molecule has 2 aromatic carbocycles. The van der Waals surface area contributed by atoms with Crippen LogP contribution >= 0.6 is 0 Å². The summed E-state index contributed by atoms with van der Waals surface area (Å²) in [4.78, 5) is 38.2. The van der Waals surface area contributed by atoms with Crippen molar-refractivity contribution >= 4 is 5.78 Å². The predicted octanol–water partition coefficient (Wildman–Crippen LogP) is 2.50. The Balaban J connectivity index is 1.74. The van der Waals surface area contributed by atoms with E-state index in [0.29, 0.717) is 17.0 Å². The van der Waals surface area contributed by atoms with E-state index < -0.39 is 23.0 Å². The molecule has 3 aromatic rings. The lowest BCUT2D eigenvalue weighted by molar-refractivity contribution is 0.101. The summed E-state index contributed by atoms with van der Waals surface area (Å²) < 4.78 is 10.3. The maximum Gasteiger partial charge on any atom is 0.352 e. The third-order valence-electron chi connectivity index (χ3n) is 5.83. The second kappa shape index (κ2) is 6.19. The zero-order valence-electron chi connectivity index (χ0n) is 16.9. The minimum atomic E-state index is -0.626. The molecule has 3 heterocycles. The number of allylic oxidation sites excluding steroid dienone is 1. The quantitative estimate of drug-likeness (QED) is 0.488. The van der Waals surface area contributed by atoms with Crippen LogP contribution in [-0.2, 0) is 6.54 Å². The number of carbonyl (C=O) groups excluding carboxylic acids is 1. The Hall–Kier alpha value is -3.61. The topological polar surface area (TPSA) is 75.2 Å². The molecule has 0 aliphatic carbocycles. The number of benzene rings is 2. The first kappa shape index (κ1) is 18.4. The van der Waals surface area contributed by atoms with Gasteiger partial charge in [0.15, 0.2) is 5.78 Å². The molecule has 7 heteroatoms. The maximum absolute atomic E-state index is 13.5. The fourth-order valence-electron chi connectivity index (χ4n) is 4.35. The van der Waals surface area contributed by atoms with Crippen LogP contribution in [0.2, 0.25) is 0 Å². The van der Waals surface area contributed by atoms with Crippen molar-refractivity contribution in [1.29, 1.82) is 0 Å². The zero-order valence-corrected chi connectivity index (χ0v) is 16.9. The number of carbonyl (C=O) groups is 1. The molecule has 5 rings (SSSR count). The number of ether oxygens (including phenoxy) is 1. The molecule has 1 aromatic heterocycles. The number of nitrogens with zero attached hydrogens (tertiary/aromatic N) is 3. The van der Waals surface area contributed by atoms with Gasteiger partial charge in [0.1, 0.15) is 17.4 Å². The van der Waals surface area contributed by atoms with Crippen LogP contribution < -0.4 is 16.1 Å². The Morgan fingerprint density at radius 1 is 1.13 bits per heavy atom. The van der Waals surface area contributed by atoms with Gasteiger partial charge >= 0.3 is 11.4 Å². The van der Waals surface area contributed by atoms with E-state index in [9.17, 15) is 14.4 Å². The number of hydrogen-bond donors (Lipinski definition) is 0. The van der Waals surface area contributed by atoms with Crippen LogP contribution in [0.4, 0.5) is 0 Å². The Morgan fingerprint density at radius 3 is 2.57 bits per heavy atom. The molecule has 0 amide bonds. The second-order valence-electron chi connectivity index (χ2n) is 8.07. The maximum atomic E-state index is 13.5. The molecule has 0 fully saturated rings. The molecule has 2 aliphatic heterocycles. The van der Waals surface area contributed by atoms with Gasteiger partial charge in [-0.3, -0.25) is 4.79 Å². The van der Waals surface area contributed by atoms with E-state index in [1.165, 1.54) is 16.3 Å². The summed E-state index contributed by atoms with van der Waals surface area (Å²) in [6.45, 7) is 5.66. The van der Waals surface area contributed by atoms with Crippen LogP contribution in [-0.4, -0.2) is 25.3 Å². The minimum Gasteiger partial charge on any atom is -0.483 e. The van der Waals surface area contributed by atoms with Crippen LogP contribution in [0, 0.1) is 6.07 Å². The molecule has 1 atom stereocenters. The van der Waals surface area contributed by atoms with Crippen molar-refractivity contribution in [3.63, 3.8) is 0 Å². The van der Waals surface area contributed by atoms with Gasteiger partial charge < -0.3 is 4.74 Å². The average molecular weight is 402 g/mol. The van der Waals surface area contributed by atoms with E-state index in [0.717, 1.165) is 15.7 Å². The highest BCUT2D eigenvalue weighted by atomic mass is 16.5. The fourth-order valence-corrected chi connectivity index (χ4v) is 4.35. The largest absolute Gasteiger partial charge is 0.483 e. The Labute approximate surface area is 172 Å². The summed E-state index contributed by atoms with van der Waals surface area (Å²) >= 11 is 0. The first-order valence-corrected chi connectivity index (χ1v) is 9.75. The van der Waals surface area contributed by atoms with Gasteiger partial charge in [-0.15, -0.1) is 0 Å². The highest BCUT2D eigenvalue weighted by molar-refractivity contribution is 5.94. The first-order valence-electron chi connectivity index (χ1n) is 9.75. The number of ketones is 1. The molecule has 7 nitrogen and oxygen atoms in total. The minimum absolute atomic E-state index is 0.0755. The number of Topliss-reactive ketones (excluding diaryl/α,β-unsaturated/α-hetero) is 1. The molecule has 0 N–H and O–H groups in total. The highest BCUT2D eigenvalue weighted by Gasteiger charge is 2.43. The predicted molar refractivity (Wildman–Crippen MR) is 111 cm³/mol. The van der Waals surface area contributed by atoms with Crippen molar-refractivity contribution in [3.05, 3.63) is 92.3 Å². The van der Waals surface area contributed by atoms with E-state index >= 15 is 0 Å². The fraction of sp³-hybridized carbons (Fsp3) is 0.261. The molecular formula is C23H20N3O4. The van der Waals surface area contributed by atoms with Crippen molar-refractivity contribution in [2.75, 3.05) is 0 Å². The molecule has 2 aliphatic rings. The van der Waals surface area contributed by atoms with Crippen molar-refractivity contribution in [2.45, 2.75) is 39.0 Å². The monoisotopic (exact) mass is 402 g/mol. The Morgan fingerprint density at radius 2 is 1.87 bits per heavy atom. The van der Waals surface area contributed by atoms with Crippen LogP contribution in [0.5, 0.6) is 5.75 Å². The molecule has 30 heavy (non-hydrogen) atoms. The molecule has 0 saturated heterocycles. The normalized spacial score (nSPS) is 18.5. The Kier molecular flexibility index (Phi) is 3.80. The molecular weight excluding hydrogens is 382 g/mol. The van der Waals surface area contributed by atoms with Crippen molar-refractivity contribution in [2.24, 2.45) is 0 Å². The van der Waals surface area contributed by atoms with E-state index in [-0.39, 0.29) is 12.3 Å². The summed E-state index contributed by atoms with van der Waals surface area (Å²) in [5.74, 6) is 0.574. The van der Waals surface area contributed by atoms with E-state index in [4.69, 9.17) is 4.74 Å². The number of hydrogen-bond acceptors (Lipinski definition) is 4. The standard InChI is InChI=1S/C23H20N3O4/c1-14(27)15-8-10-16(11-9-15)25-21(28)24-13-12-18-20(26(24)22(25)29)17-6-4-5-7-19(17)30-23(18,2)3/h4,6-12,20H,13H2,1-3H3. The first-order chi connectivity index (χ1) is 14.3. The smallest absolute Gasteiger partial charge is 0.352 e. The average Bonchev–Trinajstić information content (AvgIpc) is 2.98. The van der Waals surface area contributed by atoms with Crippen LogP contribution in [0.1, 0.15) is 42.7 Å². The van der Waals surface area contributed by atoms with E-state index in [1.54, 1.807) is 36.4 Å². The lowest BCUT2D eigenvalue weighted by atomic mass is 9.83. The van der Waals surface area contributed by atoms with Gasteiger partial charge in [0.05, 0.1) is 12.2 Å². The molecule has 1 radical (unpaired) electrons. The van der Waals surface area contributed by atoms with Gasteiger partial charge in [0.2, 0.25) is 0 Å². The zero-order chi connectivity index (χ0) is 21.2. The second-order valence-corrected chi connectivity index (χ2v) is 8.07. The Bertz CT molecular complexity index is 1340. The lowest BCUT2D eigenvalue weighted by Crippen LogP contribution is -2.46. The molecule has 0 bridgehead atoms. The van der Waals surface area contributed by atoms with Crippen LogP contribution in [0.25, 0.3) is 5.69 Å². The summed E-state index contributed by atoms with van der Waals surface area (Å²) in [5, 5.41) is 0. The van der Waals surface area contributed by atoms with Gasteiger partial charge in [-0.25, -0.2) is 23.5 Å². The summed E-state index contributed by atoms with van der Waals surface area (Å²) in [7, 11) is 0. The van der Waals surface area contributed by atoms with Crippen molar-refractivity contribution in [3.8, 4) is 11.4 Å². The third-order valence-corrected chi connectivity index (χ3v) is 5.83. The number of fused-ring (bicyclic) bond motifs is 5. The molecule has 1 unspecified atom stereocenters. The van der Waals surface area contributed by atoms with E-state index in [1.807, 2.05) is 26.0 Å². The molecule has 151 valence electrons. The van der Waals surface area contributed by atoms with Gasteiger partial charge in [0.25, 0.3) is 0 Å². The van der Waals surface area contributed by atoms with Gasteiger partial charge in [0, 0.05) is 11.1 Å². The third kappa shape index (κ3) is 2.48. The van der Waals surface area contributed by atoms with Crippen LogP contribution in [0.15, 0.2) is 63.7 Å². The van der Waals surface area contributed by atoms with Gasteiger partial charge in [-0.1, -0.05) is 18.2 Å². The van der Waals surface area contributed by atoms with Crippen LogP contribution in [0.3, 0.4) is 0 Å². The summed E-state index contributed by atoms with van der Waals surface area (Å²) in [5.41, 5.74) is 1.24. The molecule has 0 saturated carbocycles. The number of rotatable bonds is 2. The highest BCUT2D eigenvalue weighted by Crippen LogP contribution is 2.45. The SMILES string of the molecule is CC(=O)c1ccc(-n2c(=O)n3n(c2=O)C2C(=CC3)C(C)(C)Oc3c[c]ccc32)cc1. The van der Waals surface area contributed by atoms with Crippen molar-refractivity contribution in [1.82, 2.24) is 13.9 Å².